The van der Waals surface area contributed by atoms with Crippen molar-refractivity contribution in [1.29, 1.82) is 0 Å². The Morgan fingerprint density at radius 2 is 1.80 bits per heavy atom. The van der Waals surface area contributed by atoms with Crippen molar-refractivity contribution in [1.82, 2.24) is 4.98 Å². The number of rotatable bonds is 6. The van der Waals surface area contributed by atoms with Crippen molar-refractivity contribution in [3.63, 3.8) is 0 Å². The molecule has 0 amide bonds. The molecule has 5 heteroatoms. The molecular formula is C25H28N2O2S. The van der Waals surface area contributed by atoms with Crippen LogP contribution in [0.3, 0.4) is 0 Å². The molecule has 1 saturated carbocycles. The van der Waals surface area contributed by atoms with E-state index in [0.29, 0.717) is 11.5 Å². The Balaban J connectivity index is 1.79. The number of carboxylic acids is 1. The summed E-state index contributed by atoms with van der Waals surface area (Å²) in [5.41, 5.74) is 10.4. The van der Waals surface area contributed by atoms with E-state index in [1.165, 1.54) is 16.9 Å². The Morgan fingerprint density at radius 3 is 2.43 bits per heavy atom. The zero-order valence-electron chi connectivity index (χ0n) is 17.5. The normalized spacial score (nSPS) is 16.7. The van der Waals surface area contributed by atoms with Gasteiger partial charge in [-0.1, -0.05) is 69.2 Å². The third-order valence-corrected chi connectivity index (χ3v) is 7.33. The van der Waals surface area contributed by atoms with Gasteiger partial charge in [0, 0.05) is 10.9 Å². The fourth-order valence-electron chi connectivity index (χ4n) is 4.56. The van der Waals surface area contributed by atoms with E-state index in [9.17, 15) is 9.90 Å². The number of hydrogen-bond donors (Lipinski definition) is 2. The SMILES string of the molecule is CC(C)c1ccc(-c2csc(C(N)(c3ccccc3C(=O)O)C3CCCC3)n2)cc1. The molecule has 0 spiro atoms. The van der Waals surface area contributed by atoms with E-state index in [1.54, 1.807) is 12.1 Å². The van der Waals surface area contributed by atoms with Crippen molar-refractivity contribution in [3.05, 3.63) is 75.6 Å². The van der Waals surface area contributed by atoms with Gasteiger partial charge in [-0.2, -0.15) is 0 Å². The number of carbonyl (C=O) groups is 1. The summed E-state index contributed by atoms with van der Waals surface area (Å²) in [5, 5.41) is 12.6. The molecule has 1 aliphatic rings. The molecule has 1 fully saturated rings. The molecule has 4 rings (SSSR count). The number of thiazole rings is 1. The largest absolute Gasteiger partial charge is 0.478 e. The lowest BCUT2D eigenvalue weighted by Gasteiger charge is -2.35. The number of nitrogens with two attached hydrogens (primary N) is 1. The van der Waals surface area contributed by atoms with E-state index >= 15 is 0 Å². The maximum absolute atomic E-state index is 12.0. The average Bonchev–Trinajstić information content (AvgIpc) is 3.46. The lowest BCUT2D eigenvalue weighted by molar-refractivity contribution is 0.0693. The summed E-state index contributed by atoms with van der Waals surface area (Å²) in [6, 6.07) is 15.6. The Bertz CT molecular complexity index is 1040. The minimum absolute atomic E-state index is 0.181. The molecule has 1 unspecified atom stereocenters. The molecule has 1 heterocycles. The summed E-state index contributed by atoms with van der Waals surface area (Å²) in [7, 11) is 0. The van der Waals surface area contributed by atoms with Crippen LogP contribution >= 0.6 is 11.3 Å². The van der Waals surface area contributed by atoms with Gasteiger partial charge in [-0.15, -0.1) is 11.3 Å². The molecule has 4 nitrogen and oxygen atoms in total. The van der Waals surface area contributed by atoms with Crippen LogP contribution in [-0.4, -0.2) is 16.1 Å². The maximum atomic E-state index is 12.0. The quantitative estimate of drug-likeness (QED) is 0.511. The van der Waals surface area contributed by atoms with Crippen molar-refractivity contribution in [2.24, 2.45) is 11.7 Å². The fraction of sp³-hybridized carbons (Fsp3) is 0.360. The summed E-state index contributed by atoms with van der Waals surface area (Å²) >= 11 is 1.53. The van der Waals surface area contributed by atoms with Gasteiger partial charge in [0.25, 0.3) is 0 Å². The summed E-state index contributed by atoms with van der Waals surface area (Å²) in [4.78, 5) is 16.9. The Hall–Kier alpha value is -2.50. The minimum atomic E-state index is -0.945. The molecular weight excluding hydrogens is 392 g/mol. The summed E-state index contributed by atoms with van der Waals surface area (Å²) < 4.78 is 0. The first-order valence-electron chi connectivity index (χ1n) is 10.6. The molecule has 3 N–H and O–H groups in total. The Kier molecular flexibility index (Phi) is 5.76. The van der Waals surface area contributed by atoms with Crippen LogP contribution in [0, 0.1) is 5.92 Å². The van der Waals surface area contributed by atoms with E-state index in [-0.39, 0.29) is 11.5 Å². The highest BCUT2D eigenvalue weighted by Crippen LogP contribution is 2.45. The zero-order valence-corrected chi connectivity index (χ0v) is 18.3. The zero-order chi connectivity index (χ0) is 21.3. The van der Waals surface area contributed by atoms with Gasteiger partial charge in [0.1, 0.15) is 5.01 Å². The summed E-state index contributed by atoms with van der Waals surface area (Å²) in [6.45, 7) is 4.36. The smallest absolute Gasteiger partial charge is 0.336 e. The number of aromatic nitrogens is 1. The van der Waals surface area contributed by atoms with Crippen LogP contribution in [0.2, 0.25) is 0 Å². The predicted octanol–water partition coefficient (Wildman–Crippen LogP) is 6.02. The number of hydrogen-bond acceptors (Lipinski definition) is 4. The van der Waals surface area contributed by atoms with Crippen LogP contribution in [0.4, 0.5) is 0 Å². The second kappa shape index (κ2) is 8.32. The van der Waals surface area contributed by atoms with Gasteiger partial charge in [0.15, 0.2) is 0 Å². The van der Waals surface area contributed by atoms with Gasteiger partial charge in [0.05, 0.1) is 16.8 Å². The van der Waals surface area contributed by atoms with Crippen LogP contribution in [0.15, 0.2) is 53.9 Å². The number of benzene rings is 2. The van der Waals surface area contributed by atoms with Gasteiger partial charge in [-0.05, 0) is 41.9 Å². The second-order valence-corrected chi connectivity index (χ2v) is 9.37. The highest BCUT2D eigenvalue weighted by atomic mass is 32.1. The van der Waals surface area contributed by atoms with Crippen LogP contribution in [-0.2, 0) is 5.54 Å². The molecule has 0 aliphatic heterocycles. The third kappa shape index (κ3) is 3.68. The molecule has 156 valence electrons. The van der Waals surface area contributed by atoms with E-state index in [2.05, 4.69) is 38.1 Å². The van der Waals surface area contributed by atoms with Gasteiger partial charge in [0.2, 0.25) is 0 Å². The van der Waals surface area contributed by atoms with E-state index < -0.39 is 11.5 Å². The van der Waals surface area contributed by atoms with E-state index in [0.717, 1.165) is 41.9 Å². The molecule has 0 radical (unpaired) electrons. The Morgan fingerprint density at radius 1 is 1.13 bits per heavy atom. The lowest BCUT2D eigenvalue weighted by Crippen LogP contribution is -2.45. The third-order valence-electron chi connectivity index (χ3n) is 6.33. The number of nitrogens with zero attached hydrogens (tertiary/aromatic N) is 1. The molecule has 1 atom stereocenters. The van der Waals surface area contributed by atoms with Crippen molar-refractivity contribution >= 4 is 17.3 Å². The highest BCUT2D eigenvalue weighted by Gasteiger charge is 2.44. The molecule has 1 aliphatic carbocycles. The summed E-state index contributed by atoms with van der Waals surface area (Å²) in [6.07, 6.45) is 4.21. The topological polar surface area (TPSA) is 76.2 Å². The first kappa shape index (κ1) is 20.8. The van der Waals surface area contributed by atoms with Crippen molar-refractivity contribution in [2.75, 3.05) is 0 Å². The van der Waals surface area contributed by atoms with Gasteiger partial charge in [-0.3, -0.25) is 0 Å². The van der Waals surface area contributed by atoms with Crippen molar-refractivity contribution in [2.45, 2.75) is 51.0 Å². The molecule has 2 aromatic carbocycles. The maximum Gasteiger partial charge on any atom is 0.336 e. The Labute approximate surface area is 181 Å². The van der Waals surface area contributed by atoms with Crippen LogP contribution in [0.25, 0.3) is 11.3 Å². The predicted molar refractivity (Wildman–Crippen MR) is 122 cm³/mol. The van der Waals surface area contributed by atoms with E-state index in [1.807, 2.05) is 17.5 Å². The second-order valence-electron chi connectivity index (χ2n) is 8.52. The molecule has 1 aromatic heterocycles. The number of carboxylic acid groups (broad SMARTS) is 1. The first-order valence-corrected chi connectivity index (χ1v) is 11.5. The van der Waals surface area contributed by atoms with Crippen LogP contribution in [0.1, 0.15) is 71.9 Å². The standard InChI is InChI=1S/C25H28N2O2S/c1-16(2)17-11-13-18(14-12-17)22-15-30-24(27-22)25(26,19-7-3-4-8-19)21-10-6-5-9-20(21)23(28)29/h5-6,9-16,19H,3-4,7-8,26H2,1-2H3,(H,28,29). The minimum Gasteiger partial charge on any atom is -0.478 e. The fourth-order valence-corrected chi connectivity index (χ4v) is 5.59. The van der Waals surface area contributed by atoms with E-state index in [4.69, 9.17) is 10.7 Å². The van der Waals surface area contributed by atoms with Gasteiger partial charge < -0.3 is 10.8 Å². The van der Waals surface area contributed by atoms with Crippen LogP contribution < -0.4 is 5.73 Å². The highest BCUT2D eigenvalue weighted by molar-refractivity contribution is 7.10. The molecule has 30 heavy (non-hydrogen) atoms. The van der Waals surface area contributed by atoms with Crippen molar-refractivity contribution in [3.8, 4) is 11.3 Å². The number of aromatic carboxylic acids is 1. The lowest BCUT2D eigenvalue weighted by atomic mass is 9.76. The van der Waals surface area contributed by atoms with Gasteiger partial charge >= 0.3 is 5.97 Å². The van der Waals surface area contributed by atoms with Crippen molar-refractivity contribution < 1.29 is 9.90 Å². The molecule has 0 saturated heterocycles. The first-order chi connectivity index (χ1) is 14.4. The monoisotopic (exact) mass is 420 g/mol. The average molecular weight is 421 g/mol. The molecule has 0 bridgehead atoms. The molecule has 3 aromatic rings. The van der Waals surface area contributed by atoms with Crippen LogP contribution in [0.5, 0.6) is 0 Å². The summed E-state index contributed by atoms with van der Waals surface area (Å²) in [5.74, 6) is -0.281. The van der Waals surface area contributed by atoms with Gasteiger partial charge in [-0.25, -0.2) is 9.78 Å².